The molecule has 0 atom stereocenters. The summed E-state index contributed by atoms with van der Waals surface area (Å²) in [4.78, 5) is 14.8. The zero-order valence-corrected chi connectivity index (χ0v) is 19.6. The zero-order valence-electron chi connectivity index (χ0n) is 18.8. The van der Waals surface area contributed by atoms with Gasteiger partial charge in [-0.25, -0.2) is 0 Å². The Balaban J connectivity index is 1.47. The Bertz CT molecular complexity index is 1190. The van der Waals surface area contributed by atoms with Crippen LogP contribution in [0.4, 0.5) is 0 Å². The predicted octanol–water partition coefficient (Wildman–Crippen LogP) is 4.40. The SMILES string of the molecule is CN(C)Cc1ccccc1CNC(=O)CSc1nnc(-c2ccccc2)n1-c1ccccc1. The number of hydrogen-bond donors (Lipinski definition) is 1. The lowest BCUT2D eigenvalue weighted by Crippen LogP contribution is -2.25. The van der Waals surface area contributed by atoms with Crippen molar-refractivity contribution >= 4 is 17.7 Å². The molecule has 33 heavy (non-hydrogen) atoms. The highest BCUT2D eigenvalue weighted by molar-refractivity contribution is 7.99. The normalized spacial score (nSPS) is 11.0. The van der Waals surface area contributed by atoms with Crippen LogP contribution in [0.1, 0.15) is 11.1 Å². The number of benzene rings is 3. The molecule has 0 bridgehead atoms. The molecule has 0 fully saturated rings. The van der Waals surface area contributed by atoms with Gasteiger partial charge >= 0.3 is 0 Å². The van der Waals surface area contributed by atoms with E-state index in [2.05, 4.69) is 32.5 Å². The highest BCUT2D eigenvalue weighted by Gasteiger charge is 2.17. The number of nitrogens with one attached hydrogen (secondary N) is 1. The fraction of sp³-hybridized carbons (Fsp3) is 0.192. The summed E-state index contributed by atoms with van der Waals surface area (Å²) in [5.74, 6) is 0.973. The van der Waals surface area contributed by atoms with E-state index < -0.39 is 0 Å². The van der Waals surface area contributed by atoms with Gasteiger partial charge in [-0.3, -0.25) is 9.36 Å². The first-order valence-electron chi connectivity index (χ1n) is 10.8. The van der Waals surface area contributed by atoms with Crippen LogP contribution in [0, 0.1) is 0 Å². The van der Waals surface area contributed by atoms with Gasteiger partial charge in [0.2, 0.25) is 5.91 Å². The number of hydrogen-bond acceptors (Lipinski definition) is 5. The van der Waals surface area contributed by atoms with E-state index in [9.17, 15) is 4.79 Å². The van der Waals surface area contributed by atoms with E-state index in [1.807, 2.05) is 91.5 Å². The highest BCUT2D eigenvalue weighted by Crippen LogP contribution is 2.27. The minimum absolute atomic E-state index is 0.0384. The molecule has 1 aromatic heterocycles. The van der Waals surface area contributed by atoms with Gasteiger partial charge in [0.05, 0.1) is 5.75 Å². The second-order valence-electron chi connectivity index (χ2n) is 7.92. The predicted molar refractivity (Wildman–Crippen MR) is 133 cm³/mol. The molecule has 0 aliphatic rings. The third-order valence-corrected chi connectivity index (χ3v) is 6.02. The lowest BCUT2D eigenvalue weighted by Gasteiger charge is -2.14. The van der Waals surface area contributed by atoms with Crippen molar-refractivity contribution in [3.63, 3.8) is 0 Å². The average molecular weight is 458 g/mol. The van der Waals surface area contributed by atoms with Crippen molar-refractivity contribution in [2.24, 2.45) is 0 Å². The molecule has 6 nitrogen and oxygen atoms in total. The third-order valence-electron chi connectivity index (χ3n) is 5.09. The van der Waals surface area contributed by atoms with Gasteiger partial charge in [0.15, 0.2) is 11.0 Å². The van der Waals surface area contributed by atoms with Crippen LogP contribution in [0.3, 0.4) is 0 Å². The minimum atomic E-state index is -0.0384. The smallest absolute Gasteiger partial charge is 0.230 e. The molecule has 0 unspecified atom stereocenters. The molecule has 4 aromatic rings. The second kappa shape index (κ2) is 10.9. The maximum absolute atomic E-state index is 12.6. The summed E-state index contributed by atoms with van der Waals surface area (Å²) in [5.41, 5.74) is 4.28. The van der Waals surface area contributed by atoms with Crippen LogP contribution in [0.5, 0.6) is 0 Å². The van der Waals surface area contributed by atoms with Gasteiger partial charge in [0, 0.05) is 24.3 Å². The van der Waals surface area contributed by atoms with Gasteiger partial charge in [-0.05, 0) is 37.4 Å². The van der Waals surface area contributed by atoms with E-state index in [0.29, 0.717) is 11.7 Å². The maximum Gasteiger partial charge on any atom is 0.230 e. The van der Waals surface area contributed by atoms with Crippen LogP contribution >= 0.6 is 11.8 Å². The Labute approximate surface area is 198 Å². The van der Waals surface area contributed by atoms with E-state index >= 15 is 0 Å². The molecule has 1 heterocycles. The van der Waals surface area contributed by atoms with Crippen LogP contribution in [-0.4, -0.2) is 45.4 Å². The maximum atomic E-state index is 12.6. The van der Waals surface area contributed by atoms with Crippen LogP contribution in [0.25, 0.3) is 17.1 Å². The summed E-state index contributed by atoms with van der Waals surface area (Å²) in [6.07, 6.45) is 0. The quantitative estimate of drug-likeness (QED) is 0.377. The monoisotopic (exact) mass is 457 g/mol. The van der Waals surface area contributed by atoms with Gasteiger partial charge < -0.3 is 10.2 Å². The molecule has 0 aliphatic heterocycles. The fourth-order valence-corrected chi connectivity index (χ4v) is 4.33. The Kier molecular flexibility index (Phi) is 7.55. The number of rotatable bonds is 9. The largest absolute Gasteiger partial charge is 0.351 e. The van der Waals surface area contributed by atoms with Crippen LogP contribution in [0.2, 0.25) is 0 Å². The van der Waals surface area contributed by atoms with Crippen molar-refractivity contribution in [1.29, 1.82) is 0 Å². The van der Waals surface area contributed by atoms with Gasteiger partial charge in [0.1, 0.15) is 0 Å². The first kappa shape index (κ1) is 22.8. The topological polar surface area (TPSA) is 63.1 Å². The van der Waals surface area contributed by atoms with E-state index in [1.54, 1.807) is 0 Å². The van der Waals surface area contributed by atoms with Crippen molar-refractivity contribution in [3.05, 3.63) is 96.1 Å². The Morgan fingerprint density at radius 3 is 2.21 bits per heavy atom. The van der Waals surface area contributed by atoms with Crippen molar-refractivity contribution in [2.75, 3.05) is 19.8 Å². The van der Waals surface area contributed by atoms with Gasteiger partial charge in [-0.1, -0.05) is 84.6 Å². The molecule has 168 valence electrons. The molecule has 0 saturated carbocycles. The van der Waals surface area contributed by atoms with Crippen molar-refractivity contribution < 1.29 is 4.79 Å². The molecule has 0 spiro atoms. The molecule has 0 aliphatic carbocycles. The first-order valence-corrected chi connectivity index (χ1v) is 11.8. The summed E-state index contributed by atoms with van der Waals surface area (Å²) < 4.78 is 2.00. The van der Waals surface area contributed by atoms with E-state index in [0.717, 1.165) is 29.2 Å². The summed E-state index contributed by atoms with van der Waals surface area (Å²) in [5, 5.41) is 12.6. The molecule has 1 N–H and O–H groups in total. The molecular formula is C26H27N5OS. The molecule has 4 rings (SSSR count). The van der Waals surface area contributed by atoms with Crippen molar-refractivity contribution in [2.45, 2.75) is 18.2 Å². The van der Waals surface area contributed by atoms with Gasteiger partial charge in [-0.2, -0.15) is 0 Å². The van der Waals surface area contributed by atoms with Crippen molar-refractivity contribution in [1.82, 2.24) is 25.0 Å². The van der Waals surface area contributed by atoms with Gasteiger partial charge in [-0.15, -0.1) is 10.2 Å². The Morgan fingerprint density at radius 1 is 0.879 bits per heavy atom. The number of para-hydroxylation sites is 1. The molecule has 7 heteroatoms. The number of aromatic nitrogens is 3. The van der Waals surface area contributed by atoms with Crippen LogP contribution in [0.15, 0.2) is 90.1 Å². The van der Waals surface area contributed by atoms with E-state index in [-0.39, 0.29) is 11.7 Å². The summed E-state index contributed by atoms with van der Waals surface area (Å²) in [6.45, 7) is 1.34. The number of amides is 1. The van der Waals surface area contributed by atoms with Crippen LogP contribution in [-0.2, 0) is 17.9 Å². The average Bonchev–Trinajstić information content (AvgIpc) is 3.27. The van der Waals surface area contributed by atoms with Crippen molar-refractivity contribution in [3.8, 4) is 17.1 Å². The number of thioether (sulfide) groups is 1. The van der Waals surface area contributed by atoms with Gasteiger partial charge in [0.25, 0.3) is 0 Å². The first-order chi connectivity index (χ1) is 16.1. The summed E-state index contributed by atoms with van der Waals surface area (Å²) in [7, 11) is 4.08. The second-order valence-corrected chi connectivity index (χ2v) is 8.86. The molecule has 0 radical (unpaired) electrons. The van der Waals surface area contributed by atoms with E-state index in [4.69, 9.17) is 0 Å². The lowest BCUT2D eigenvalue weighted by molar-refractivity contribution is -0.118. The lowest BCUT2D eigenvalue weighted by atomic mass is 10.1. The fourth-order valence-electron chi connectivity index (χ4n) is 3.55. The minimum Gasteiger partial charge on any atom is -0.351 e. The molecule has 1 amide bonds. The third kappa shape index (κ3) is 5.88. The van der Waals surface area contributed by atoms with E-state index in [1.165, 1.54) is 17.3 Å². The zero-order chi connectivity index (χ0) is 23.0. The highest BCUT2D eigenvalue weighted by atomic mass is 32.2. The molecule has 0 saturated heterocycles. The van der Waals surface area contributed by atoms with Crippen LogP contribution < -0.4 is 5.32 Å². The number of carbonyl (C=O) groups excluding carboxylic acids is 1. The Hall–Kier alpha value is -3.42. The number of carbonyl (C=O) groups is 1. The molecule has 3 aromatic carbocycles. The number of nitrogens with zero attached hydrogens (tertiary/aromatic N) is 4. The Morgan fingerprint density at radius 2 is 1.52 bits per heavy atom. The molecular weight excluding hydrogens is 430 g/mol. The summed E-state index contributed by atoms with van der Waals surface area (Å²) in [6, 6.07) is 28.1. The summed E-state index contributed by atoms with van der Waals surface area (Å²) >= 11 is 1.38. The standard InChI is InChI=1S/C26H27N5OS/c1-30(2)18-22-14-10-9-13-21(22)17-27-24(32)19-33-26-29-28-25(20-11-5-3-6-12-20)31(26)23-15-7-4-8-16-23/h3-16H,17-19H2,1-2H3,(H,27,32).